The number of rotatable bonds is 3. The Kier molecular flexibility index (Phi) is 2.16. The van der Waals surface area contributed by atoms with E-state index < -0.39 is 0 Å². The Labute approximate surface area is 75.2 Å². The summed E-state index contributed by atoms with van der Waals surface area (Å²) >= 11 is 0. The number of hydrogen-bond acceptors (Lipinski definition) is 1. The molecule has 2 aliphatic carbocycles. The first-order valence-electron chi connectivity index (χ1n) is 5.39. The predicted molar refractivity (Wildman–Crippen MR) is 49.9 cm³/mol. The smallest absolute Gasteiger partial charge is 0.0596 e. The molecule has 0 aromatic heterocycles. The molecule has 2 rings (SSSR count). The lowest BCUT2D eigenvalue weighted by Gasteiger charge is -2.20. The van der Waals surface area contributed by atoms with E-state index in [4.69, 9.17) is 0 Å². The van der Waals surface area contributed by atoms with Crippen LogP contribution in [-0.4, -0.2) is 11.2 Å². The molecule has 0 aromatic carbocycles. The molecule has 2 aliphatic rings. The lowest BCUT2D eigenvalue weighted by molar-refractivity contribution is 0.0776. The molecule has 2 fully saturated rings. The summed E-state index contributed by atoms with van der Waals surface area (Å²) in [5.41, 5.74) is 0.322. The Morgan fingerprint density at radius 2 is 1.92 bits per heavy atom. The molecule has 1 N–H and O–H groups in total. The van der Waals surface area contributed by atoms with Crippen molar-refractivity contribution >= 4 is 0 Å². The minimum Gasteiger partial charge on any atom is -0.393 e. The van der Waals surface area contributed by atoms with Crippen LogP contribution in [0.4, 0.5) is 0 Å². The Bertz CT molecular complexity index is 154. The molecule has 1 unspecified atom stereocenters. The van der Waals surface area contributed by atoms with Crippen LogP contribution in [0.25, 0.3) is 0 Å². The fraction of sp³-hybridized carbons (Fsp3) is 1.00. The van der Waals surface area contributed by atoms with E-state index in [9.17, 15) is 5.11 Å². The highest BCUT2D eigenvalue weighted by atomic mass is 16.3. The molecular formula is C11H20O. The van der Waals surface area contributed by atoms with Crippen molar-refractivity contribution in [1.82, 2.24) is 0 Å². The van der Waals surface area contributed by atoms with Gasteiger partial charge in [-0.15, -0.1) is 0 Å². The van der Waals surface area contributed by atoms with Crippen molar-refractivity contribution in [1.29, 1.82) is 0 Å². The van der Waals surface area contributed by atoms with Gasteiger partial charge in [0.15, 0.2) is 0 Å². The normalized spacial score (nSPS) is 30.5. The van der Waals surface area contributed by atoms with Crippen molar-refractivity contribution in [2.24, 2.45) is 11.3 Å². The van der Waals surface area contributed by atoms with E-state index in [0.29, 0.717) is 5.41 Å². The Balaban J connectivity index is 1.78. The fourth-order valence-electron chi connectivity index (χ4n) is 2.38. The summed E-state index contributed by atoms with van der Waals surface area (Å²) in [6.45, 7) is 2.23. The molecule has 0 amide bonds. The third-order valence-electron chi connectivity index (χ3n) is 3.87. The molecule has 1 heteroatoms. The molecule has 70 valence electrons. The minimum absolute atomic E-state index is 0.000556. The molecule has 0 heterocycles. The summed E-state index contributed by atoms with van der Waals surface area (Å²) in [7, 11) is 0. The average Bonchev–Trinajstić information content (AvgIpc) is 2.63. The third-order valence-corrected chi connectivity index (χ3v) is 3.87. The monoisotopic (exact) mass is 168 g/mol. The van der Waals surface area contributed by atoms with E-state index in [1.807, 2.05) is 0 Å². The van der Waals surface area contributed by atoms with Crippen LogP contribution in [0.3, 0.4) is 0 Å². The number of aliphatic hydroxyl groups is 1. The summed E-state index contributed by atoms with van der Waals surface area (Å²) in [6, 6.07) is 0. The maximum Gasteiger partial charge on any atom is 0.0596 e. The van der Waals surface area contributed by atoms with Gasteiger partial charge < -0.3 is 5.11 Å². The fourth-order valence-corrected chi connectivity index (χ4v) is 2.38. The summed E-state index contributed by atoms with van der Waals surface area (Å²) in [6.07, 6.45) is 9.11. The predicted octanol–water partition coefficient (Wildman–Crippen LogP) is 2.73. The Hall–Kier alpha value is -0.0400. The van der Waals surface area contributed by atoms with Gasteiger partial charge in [-0.1, -0.05) is 32.6 Å². The van der Waals surface area contributed by atoms with Crippen LogP contribution in [0.15, 0.2) is 0 Å². The van der Waals surface area contributed by atoms with Crippen molar-refractivity contribution in [2.75, 3.05) is 0 Å². The maximum absolute atomic E-state index is 9.91. The van der Waals surface area contributed by atoms with Crippen LogP contribution in [0.1, 0.15) is 51.9 Å². The third kappa shape index (κ3) is 1.66. The zero-order chi connectivity index (χ0) is 8.60. The van der Waals surface area contributed by atoms with Crippen LogP contribution < -0.4 is 0 Å². The van der Waals surface area contributed by atoms with Crippen LogP contribution >= 0.6 is 0 Å². The van der Waals surface area contributed by atoms with Crippen molar-refractivity contribution in [3.63, 3.8) is 0 Å². The highest BCUT2D eigenvalue weighted by Crippen LogP contribution is 2.50. The summed E-state index contributed by atoms with van der Waals surface area (Å²) in [4.78, 5) is 0. The van der Waals surface area contributed by atoms with Gasteiger partial charge in [-0.3, -0.25) is 0 Å². The van der Waals surface area contributed by atoms with E-state index in [1.54, 1.807) is 0 Å². The van der Waals surface area contributed by atoms with E-state index in [-0.39, 0.29) is 6.10 Å². The molecular weight excluding hydrogens is 148 g/mol. The number of aliphatic hydroxyl groups excluding tert-OH is 1. The number of hydrogen-bond donors (Lipinski definition) is 1. The van der Waals surface area contributed by atoms with Crippen molar-refractivity contribution in [2.45, 2.75) is 58.0 Å². The van der Waals surface area contributed by atoms with Crippen LogP contribution in [0, 0.1) is 11.3 Å². The summed E-state index contributed by atoms with van der Waals surface area (Å²) in [5.74, 6) is 0.845. The molecule has 1 atom stereocenters. The van der Waals surface area contributed by atoms with E-state index in [0.717, 1.165) is 12.3 Å². The van der Waals surface area contributed by atoms with Gasteiger partial charge in [0, 0.05) is 0 Å². The van der Waals surface area contributed by atoms with Crippen molar-refractivity contribution in [3.05, 3.63) is 0 Å². The van der Waals surface area contributed by atoms with Crippen molar-refractivity contribution in [3.8, 4) is 0 Å². The SMILES string of the molecule is CC1(C(O)CC2CCCC2)CC1. The first-order valence-corrected chi connectivity index (χ1v) is 5.39. The van der Waals surface area contributed by atoms with Crippen LogP contribution in [0.5, 0.6) is 0 Å². The zero-order valence-electron chi connectivity index (χ0n) is 8.05. The summed E-state index contributed by atoms with van der Waals surface area (Å²) < 4.78 is 0. The lowest BCUT2D eigenvalue weighted by Crippen LogP contribution is -2.21. The largest absolute Gasteiger partial charge is 0.393 e. The van der Waals surface area contributed by atoms with Crippen LogP contribution in [0.2, 0.25) is 0 Å². The lowest BCUT2D eigenvalue weighted by atomic mass is 9.91. The van der Waals surface area contributed by atoms with Gasteiger partial charge in [-0.25, -0.2) is 0 Å². The second kappa shape index (κ2) is 3.02. The molecule has 2 saturated carbocycles. The molecule has 0 bridgehead atoms. The molecule has 0 aromatic rings. The molecule has 1 nitrogen and oxygen atoms in total. The quantitative estimate of drug-likeness (QED) is 0.687. The first-order chi connectivity index (χ1) is 5.71. The average molecular weight is 168 g/mol. The topological polar surface area (TPSA) is 20.2 Å². The van der Waals surface area contributed by atoms with Gasteiger partial charge in [-0.2, -0.15) is 0 Å². The summed E-state index contributed by atoms with van der Waals surface area (Å²) in [5, 5.41) is 9.91. The Morgan fingerprint density at radius 1 is 1.33 bits per heavy atom. The van der Waals surface area contributed by atoms with Gasteiger partial charge >= 0.3 is 0 Å². The molecule has 0 radical (unpaired) electrons. The van der Waals surface area contributed by atoms with E-state index in [1.165, 1.54) is 38.5 Å². The highest BCUT2D eigenvalue weighted by molar-refractivity contribution is 4.95. The standard InChI is InChI=1S/C11H20O/c1-11(6-7-11)10(12)8-9-4-2-3-5-9/h9-10,12H,2-8H2,1H3. The molecule has 0 spiro atoms. The molecule has 0 saturated heterocycles. The Morgan fingerprint density at radius 3 is 2.42 bits per heavy atom. The van der Waals surface area contributed by atoms with Gasteiger partial charge in [0.2, 0.25) is 0 Å². The van der Waals surface area contributed by atoms with Gasteiger partial charge in [-0.05, 0) is 30.6 Å². The maximum atomic E-state index is 9.91. The van der Waals surface area contributed by atoms with E-state index in [2.05, 4.69) is 6.92 Å². The zero-order valence-corrected chi connectivity index (χ0v) is 8.05. The van der Waals surface area contributed by atoms with Gasteiger partial charge in [0.1, 0.15) is 0 Å². The molecule has 0 aliphatic heterocycles. The second-order valence-electron chi connectivity index (χ2n) is 5.06. The van der Waals surface area contributed by atoms with E-state index >= 15 is 0 Å². The molecule has 12 heavy (non-hydrogen) atoms. The van der Waals surface area contributed by atoms with Gasteiger partial charge in [0.25, 0.3) is 0 Å². The van der Waals surface area contributed by atoms with Gasteiger partial charge in [0.05, 0.1) is 6.10 Å². The van der Waals surface area contributed by atoms with Crippen LogP contribution in [-0.2, 0) is 0 Å². The second-order valence-corrected chi connectivity index (χ2v) is 5.06. The minimum atomic E-state index is 0.000556. The first kappa shape index (κ1) is 8.55. The van der Waals surface area contributed by atoms with Crippen molar-refractivity contribution < 1.29 is 5.11 Å². The highest BCUT2D eigenvalue weighted by Gasteiger charge is 2.44.